The van der Waals surface area contributed by atoms with Crippen LogP contribution in [0.4, 0.5) is 0 Å². The van der Waals surface area contributed by atoms with E-state index in [0.29, 0.717) is 0 Å². The van der Waals surface area contributed by atoms with E-state index in [1.807, 2.05) is 13.8 Å². The molecule has 1 rings (SSSR count). The van der Waals surface area contributed by atoms with Crippen molar-refractivity contribution in [1.82, 2.24) is 0 Å². The zero-order valence-corrected chi connectivity index (χ0v) is 9.95. The predicted molar refractivity (Wildman–Crippen MR) is 59.2 cm³/mol. The van der Waals surface area contributed by atoms with Gasteiger partial charge in [0.1, 0.15) is 0 Å². The Labute approximate surface area is 95.7 Å². The Morgan fingerprint density at radius 1 is 0.938 bits per heavy atom. The van der Waals surface area contributed by atoms with Gasteiger partial charge in [-0.3, -0.25) is 9.59 Å². The van der Waals surface area contributed by atoms with Crippen molar-refractivity contribution < 1.29 is 19.8 Å². The molecular weight excluding hydrogens is 208 g/mol. The lowest BCUT2D eigenvalue weighted by Crippen LogP contribution is -2.43. The Morgan fingerprint density at radius 3 is 1.50 bits per heavy atom. The van der Waals surface area contributed by atoms with E-state index in [1.54, 1.807) is 0 Å². The molecule has 0 bridgehead atoms. The molecule has 4 nitrogen and oxygen atoms in total. The first-order valence-electron chi connectivity index (χ1n) is 5.73. The quantitative estimate of drug-likeness (QED) is 0.775. The number of aliphatic carboxylic acids is 2. The number of hydrogen-bond acceptors (Lipinski definition) is 2. The molecule has 0 aliphatic heterocycles. The van der Waals surface area contributed by atoms with Crippen LogP contribution in [0.25, 0.3) is 0 Å². The molecule has 1 fully saturated rings. The maximum Gasteiger partial charge on any atom is 0.303 e. The van der Waals surface area contributed by atoms with Crippen LogP contribution in [0.1, 0.15) is 52.4 Å². The summed E-state index contributed by atoms with van der Waals surface area (Å²) in [5, 5.41) is 17.9. The van der Waals surface area contributed by atoms with Gasteiger partial charge in [0.05, 0.1) is 12.8 Å². The Bertz CT molecular complexity index is 269. The average molecular weight is 228 g/mol. The molecule has 0 spiro atoms. The summed E-state index contributed by atoms with van der Waals surface area (Å²) in [5.74, 6) is -1.66. The van der Waals surface area contributed by atoms with Crippen molar-refractivity contribution in [2.75, 3.05) is 0 Å². The van der Waals surface area contributed by atoms with Crippen LogP contribution in [-0.4, -0.2) is 22.2 Å². The van der Waals surface area contributed by atoms with Gasteiger partial charge >= 0.3 is 11.9 Å². The summed E-state index contributed by atoms with van der Waals surface area (Å²) in [6.45, 7) is 3.84. The number of carboxylic acids is 2. The first-order chi connectivity index (χ1) is 7.29. The van der Waals surface area contributed by atoms with Crippen LogP contribution >= 0.6 is 0 Å². The van der Waals surface area contributed by atoms with Gasteiger partial charge in [0.2, 0.25) is 0 Å². The third kappa shape index (κ3) is 2.54. The molecule has 92 valence electrons. The molecule has 1 aliphatic carbocycles. The lowest BCUT2D eigenvalue weighted by Gasteiger charge is -2.49. The molecule has 0 heterocycles. The van der Waals surface area contributed by atoms with E-state index in [1.165, 1.54) is 0 Å². The third-order valence-corrected chi connectivity index (χ3v) is 4.25. The van der Waals surface area contributed by atoms with E-state index in [4.69, 9.17) is 10.2 Å². The maximum atomic E-state index is 10.9. The monoisotopic (exact) mass is 228 g/mol. The van der Waals surface area contributed by atoms with Gasteiger partial charge in [-0.15, -0.1) is 0 Å². The highest BCUT2D eigenvalue weighted by molar-refractivity contribution is 5.70. The van der Waals surface area contributed by atoms with Crippen LogP contribution in [0.3, 0.4) is 0 Å². The second-order valence-corrected chi connectivity index (χ2v) is 5.47. The first-order valence-corrected chi connectivity index (χ1v) is 5.73. The predicted octanol–water partition coefficient (Wildman–Crippen LogP) is 2.52. The molecule has 2 N–H and O–H groups in total. The second kappa shape index (κ2) is 4.44. The Kier molecular flexibility index (Phi) is 3.61. The summed E-state index contributed by atoms with van der Waals surface area (Å²) in [5.41, 5.74) is -0.787. The molecule has 1 saturated carbocycles. The van der Waals surface area contributed by atoms with Crippen LogP contribution in [0.2, 0.25) is 0 Å². The van der Waals surface area contributed by atoms with Crippen molar-refractivity contribution >= 4 is 11.9 Å². The summed E-state index contributed by atoms with van der Waals surface area (Å²) >= 11 is 0. The third-order valence-electron chi connectivity index (χ3n) is 4.25. The molecule has 0 saturated heterocycles. The van der Waals surface area contributed by atoms with Gasteiger partial charge < -0.3 is 10.2 Å². The lowest BCUT2D eigenvalue weighted by atomic mass is 9.55. The van der Waals surface area contributed by atoms with E-state index in [2.05, 4.69) is 0 Å². The Balaban J connectivity index is 2.92. The van der Waals surface area contributed by atoms with Gasteiger partial charge in [0.15, 0.2) is 0 Å². The first kappa shape index (κ1) is 13.0. The standard InChI is InChI=1S/C12H20O4/c1-11(7-9(13)14)5-3-4-6-12(11,2)8-10(15)16/h3-8H2,1-2H3,(H,13,14)(H,15,16). The van der Waals surface area contributed by atoms with Gasteiger partial charge in [0.25, 0.3) is 0 Å². The minimum Gasteiger partial charge on any atom is -0.481 e. The molecule has 0 aromatic heterocycles. The summed E-state index contributed by atoms with van der Waals surface area (Å²) in [6, 6.07) is 0. The van der Waals surface area contributed by atoms with Crippen LogP contribution < -0.4 is 0 Å². The highest BCUT2D eigenvalue weighted by atomic mass is 16.4. The molecule has 0 aromatic carbocycles. The lowest BCUT2D eigenvalue weighted by molar-refractivity contribution is -0.150. The molecule has 4 heteroatoms. The number of carboxylic acid groups (broad SMARTS) is 2. The smallest absolute Gasteiger partial charge is 0.303 e. The van der Waals surface area contributed by atoms with Crippen LogP contribution in [0.15, 0.2) is 0 Å². The van der Waals surface area contributed by atoms with Gasteiger partial charge in [-0.05, 0) is 23.7 Å². The van der Waals surface area contributed by atoms with E-state index in [9.17, 15) is 9.59 Å². The number of rotatable bonds is 4. The van der Waals surface area contributed by atoms with Crippen molar-refractivity contribution in [3.8, 4) is 0 Å². The van der Waals surface area contributed by atoms with Crippen molar-refractivity contribution in [1.29, 1.82) is 0 Å². The summed E-state index contributed by atoms with van der Waals surface area (Å²) in [7, 11) is 0. The maximum absolute atomic E-state index is 10.9. The highest BCUT2D eigenvalue weighted by Gasteiger charge is 2.48. The molecule has 0 radical (unpaired) electrons. The minimum atomic E-state index is -0.832. The largest absolute Gasteiger partial charge is 0.481 e. The van der Waals surface area contributed by atoms with Crippen molar-refractivity contribution in [3.63, 3.8) is 0 Å². The molecule has 0 amide bonds. The van der Waals surface area contributed by atoms with E-state index >= 15 is 0 Å². The SMILES string of the molecule is CC1(CC(=O)O)CCCCC1(C)CC(=O)O. The van der Waals surface area contributed by atoms with Gasteiger partial charge in [0, 0.05) is 0 Å². The topological polar surface area (TPSA) is 74.6 Å². The zero-order chi connectivity index (χ0) is 12.4. The summed E-state index contributed by atoms with van der Waals surface area (Å²) in [6.07, 6.45) is 3.75. The van der Waals surface area contributed by atoms with Crippen molar-refractivity contribution in [2.45, 2.75) is 52.4 Å². The van der Waals surface area contributed by atoms with Gasteiger partial charge in [-0.2, -0.15) is 0 Å². The molecular formula is C12H20O4. The fourth-order valence-electron chi connectivity index (χ4n) is 2.90. The van der Waals surface area contributed by atoms with Gasteiger partial charge in [-0.25, -0.2) is 0 Å². The number of carbonyl (C=O) groups is 2. The van der Waals surface area contributed by atoms with Crippen molar-refractivity contribution in [3.05, 3.63) is 0 Å². The normalized spacial score (nSPS) is 34.6. The zero-order valence-electron chi connectivity index (χ0n) is 9.95. The fourth-order valence-corrected chi connectivity index (χ4v) is 2.90. The summed E-state index contributed by atoms with van der Waals surface area (Å²) in [4.78, 5) is 21.8. The second-order valence-electron chi connectivity index (χ2n) is 5.47. The highest BCUT2D eigenvalue weighted by Crippen LogP contribution is 2.54. The van der Waals surface area contributed by atoms with Crippen LogP contribution in [0.5, 0.6) is 0 Å². The molecule has 2 unspecified atom stereocenters. The van der Waals surface area contributed by atoms with Crippen LogP contribution in [-0.2, 0) is 9.59 Å². The Hall–Kier alpha value is -1.06. The summed E-state index contributed by atoms with van der Waals surface area (Å²) < 4.78 is 0. The Morgan fingerprint density at radius 2 is 1.25 bits per heavy atom. The van der Waals surface area contributed by atoms with E-state index in [-0.39, 0.29) is 12.8 Å². The molecule has 2 atom stereocenters. The molecule has 0 aromatic rings. The number of hydrogen-bond donors (Lipinski definition) is 2. The minimum absolute atomic E-state index is 0.0662. The van der Waals surface area contributed by atoms with Crippen LogP contribution in [0, 0.1) is 10.8 Å². The average Bonchev–Trinajstić information content (AvgIpc) is 2.08. The van der Waals surface area contributed by atoms with E-state index in [0.717, 1.165) is 25.7 Å². The molecule has 1 aliphatic rings. The van der Waals surface area contributed by atoms with Gasteiger partial charge in [-0.1, -0.05) is 26.7 Å². The van der Waals surface area contributed by atoms with Crippen molar-refractivity contribution in [2.24, 2.45) is 10.8 Å². The van der Waals surface area contributed by atoms with E-state index < -0.39 is 22.8 Å². The molecule has 16 heavy (non-hydrogen) atoms. The fraction of sp³-hybridized carbons (Fsp3) is 0.833.